The van der Waals surface area contributed by atoms with E-state index < -0.39 is 17.5 Å². The lowest BCUT2D eigenvalue weighted by Gasteiger charge is -2.20. The molecule has 1 aromatic heterocycles. The fraction of sp³-hybridized carbons (Fsp3) is 0.333. The van der Waals surface area contributed by atoms with Gasteiger partial charge in [-0.2, -0.15) is 0 Å². The van der Waals surface area contributed by atoms with Gasteiger partial charge in [-0.25, -0.2) is 8.78 Å². The second kappa shape index (κ2) is 8.07. The minimum atomic E-state index is -0.622. The summed E-state index contributed by atoms with van der Waals surface area (Å²) in [6.45, 7) is 1.54. The fourth-order valence-corrected chi connectivity index (χ4v) is 3.00. The van der Waals surface area contributed by atoms with Crippen LogP contribution < -0.4 is 21.3 Å². The van der Waals surface area contributed by atoms with Crippen LogP contribution in [-0.4, -0.2) is 38.0 Å². The monoisotopic (exact) mass is 377 g/mol. The summed E-state index contributed by atoms with van der Waals surface area (Å²) in [5.41, 5.74) is 5.54. The summed E-state index contributed by atoms with van der Waals surface area (Å²) >= 11 is 0. The topological polar surface area (TPSA) is 95.9 Å². The molecule has 144 valence electrons. The van der Waals surface area contributed by atoms with Crippen molar-refractivity contribution in [3.63, 3.8) is 0 Å². The van der Waals surface area contributed by atoms with E-state index in [4.69, 9.17) is 10.2 Å². The molecule has 27 heavy (non-hydrogen) atoms. The van der Waals surface area contributed by atoms with Crippen LogP contribution in [0.4, 0.5) is 14.5 Å². The third kappa shape index (κ3) is 4.55. The Labute approximate surface area is 155 Å². The Balaban J connectivity index is 1.53. The van der Waals surface area contributed by atoms with Crippen molar-refractivity contribution < 1.29 is 18.0 Å². The van der Waals surface area contributed by atoms with Gasteiger partial charge in [0.2, 0.25) is 0 Å². The first-order chi connectivity index (χ1) is 13.0. The summed E-state index contributed by atoms with van der Waals surface area (Å²) in [4.78, 5) is 17.1. The maximum absolute atomic E-state index is 13.9. The van der Waals surface area contributed by atoms with Gasteiger partial charge >= 0.3 is 0 Å². The van der Waals surface area contributed by atoms with Crippen LogP contribution in [0.15, 0.2) is 39.7 Å². The van der Waals surface area contributed by atoms with Crippen LogP contribution in [0.25, 0.3) is 0 Å². The predicted octanol–water partition coefficient (Wildman–Crippen LogP) is 1.60. The smallest absolute Gasteiger partial charge is 0.284 e. The number of hydrogen-bond acceptors (Lipinski definition) is 4. The van der Waals surface area contributed by atoms with Crippen molar-refractivity contribution in [2.24, 2.45) is 10.7 Å². The molecule has 1 atom stereocenters. The molecule has 1 saturated heterocycles. The van der Waals surface area contributed by atoms with Crippen molar-refractivity contribution in [3.05, 3.63) is 53.5 Å². The zero-order valence-corrected chi connectivity index (χ0v) is 14.8. The van der Waals surface area contributed by atoms with Gasteiger partial charge < -0.3 is 25.7 Å². The van der Waals surface area contributed by atoms with E-state index in [0.717, 1.165) is 12.5 Å². The summed E-state index contributed by atoms with van der Waals surface area (Å²) in [5.74, 6) is -0.578. The molecule has 0 aliphatic carbocycles. The molecule has 0 spiro atoms. The zero-order valence-electron chi connectivity index (χ0n) is 14.8. The largest absolute Gasteiger partial charge is 0.454 e. The first-order valence-electron chi connectivity index (χ1n) is 8.52. The quantitative estimate of drug-likeness (QED) is 0.543. The number of nitrogens with one attached hydrogen (secondary N) is 2. The molecule has 1 aromatic carbocycles. The zero-order chi connectivity index (χ0) is 19.4. The Bertz CT molecular complexity index is 852. The second-order valence-corrected chi connectivity index (χ2v) is 6.23. The summed E-state index contributed by atoms with van der Waals surface area (Å²) in [7, 11) is 1.64. The molecule has 3 rings (SSSR count). The lowest BCUT2D eigenvalue weighted by atomic mass is 10.2. The molecule has 1 amide bonds. The predicted molar refractivity (Wildman–Crippen MR) is 97.5 cm³/mol. The SMILES string of the molecule is CN=C(NCc1ccc(C(N)=O)o1)NC1CCN(c2ccc(F)cc2F)C1. The third-order valence-corrected chi connectivity index (χ3v) is 4.34. The highest BCUT2D eigenvalue weighted by Crippen LogP contribution is 2.24. The van der Waals surface area contributed by atoms with Crippen LogP contribution in [0.5, 0.6) is 0 Å². The summed E-state index contributed by atoms with van der Waals surface area (Å²) in [6.07, 6.45) is 0.782. The van der Waals surface area contributed by atoms with Crippen molar-refractivity contribution in [3.8, 4) is 0 Å². The van der Waals surface area contributed by atoms with Crippen molar-refractivity contribution >= 4 is 17.6 Å². The number of nitrogens with zero attached hydrogens (tertiary/aromatic N) is 2. The number of aliphatic imine (C=N–C) groups is 1. The molecule has 2 aromatic rings. The lowest BCUT2D eigenvalue weighted by Crippen LogP contribution is -2.44. The molecule has 7 nitrogen and oxygen atoms in total. The normalized spacial score (nSPS) is 17.2. The van der Waals surface area contributed by atoms with Crippen LogP contribution in [0.1, 0.15) is 22.7 Å². The van der Waals surface area contributed by atoms with Gasteiger partial charge in [-0.3, -0.25) is 9.79 Å². The van der Waals surface area contributed by atoms with E-state index in [2.05, 4.69) is 15.6 Å². The molecule has 9 heteroatoms. The van der Waals surface area contributed by atoms with Gasteiger partial charge in [0.05, 0.1) is 12.2 Å². The van der Waals surface area contributed by atoms with Crippen LogP contribution in [0, 0.1) is 11.6 Å². The number of primary amides is 1. The van der Waals surface area contributed by atoms with E-state index in [1.165, 1.54) is 18.2 Å². The number of carbonyl (C=O) groups is 1. The molecule has 1 aliphatic heterocycles. The second-order valence-electron chi connectivity index (χ2n) is 6.23. The van der Waals surface area contributed by atoms with Gasteiger partial charge in [-0.05, 0) is 30.7 Å². The minimum Gasteiger partial charge on any atom is -0.454 e. The molecule has 0 radical (unpaired) electrons. The Hall–Kier alpha value is -3.10. The molecule has 1 aliphatic rings. The van der Waals surface area contributed by atoms with Crippen molar-refractivity contribution in [2.75, 3.05) is 25.0 Å². The van der Waals surface area contributed by atoms with Crippen LogP contribution in [0.3, 0.4) is 0 Å². The van der Waals surface area contributed by atoms with E-state index in [-0.39, 0.29) is 11.8 Å². The van der Waals surface area contributed by atoms with Gasteiger partial charge in [0.15, 0.2) is 11.7 Å². The van der Waals surface area contributed by atoms with E-state index in [0.29, 0.717) is 37.0 Å². The van der Waals surface area contributed by atoms with E-state index in [9.17, 15) is 13.6 Å². The Morgan fingerprint density at radius 2 is 2.19 bits per heavy atom. The van der Waals surface area contributed by atoms with Crippen LogP contribution in [0.2, 0.25) is 0 Å². The number of furan rings is 1. The number of guanidine groups is 1. The molecule has 0 bridgehead atoms. The fourth-order valence-electron chi connectivity index (χ4n) is 3.00. The van der Waals surface area contributed by atoms with Crippen molar-refractivity contribution in [1.82, 2.24) is 10.6 Å². The Kier molecular flexibility index (Phi) is 5.58. The number of hydrogen-bond donors (Lipinski definition) is 3. The molecular weight excluding hydrogens is 356 g/mol. The maximum atomic E-state index is 13.9. The Morgan fingerprint density at radius 3 is 2.85 bits per heavy atom. The van der Waals surface area contributed by atoms with Crippen LogP contribution in [-0.2, 0) is 6.54 Å². The number of halogens is 2. The third-order valence-electron chi connectivity index (χ3n) is 4.34. The average Bonchev–Trinajstić information content (AvgIpc) is 3.28. The maximum Gasteiger partial charge on any atom is 0.284 e. The number of anilines is 1. The van der Waals surface area contributed by atoms with Gasteiger partial charge in [0, 0.05) is 32.2 Å². The standard InChI is InChI=1S/C18H21F2N5O2/c1-22-18(23-9-13-3-5-16(27-13)17(21)26)24-12-6-7-25(10-12)15-4-2-11(19)8-14(15)20/h2-5,8,12H,6-7,9-10H2,1H3,(H2,21,26)(H2,22,23,24). The van der Waals surface area contributed by atoms with E-state index in [1.807, 2.05) is 4.90 Å². The highest BCUT2D eigenvalue weighted by atomic mass is 19.1. The number of benzene rings is 1. The highest BCUT2D eigenvalue weighted by Gasteiger charge is 2.25. The van der Waals surface area contributed by atoms with Gasteiger partial charge in [-0.15, -0.1) is 0 Å². The molecule has 1 fully saturated rings. The number of carbonyl (C=O) groups excluding carboxylic acids is 1. The summed E-state index contributed by atoms with van der Waals surface area (Å²) in [5, 5.41) is 6.35. The molecule has 1 unspecified atom stereocenters. The number of nitrogens with two attached hydrogens (primary N) is 1. The molecule has 2 heterocycles. The summed E-state index contributed by atoms with van der Waals surface area (Å²) < 4.78 is 32.3. The summed E-state index contributed by atoms with van der Waals surface area (Å²) in [6, 6.07) is 6.83. The molecule has 4 N–H and O–H groups in total. The average molecular weight is 377 g/mol. The molecule has 0 saturated carbocycles. The first kappa shape index (κ1) is 18.7. The molecular formula is C18H21F2N5O2. The van der Waals surface area contributed by atoms with Gasteiger partial charge in [0.1, 0.15) is 17.4 Å². The Morgan fingerprint density at radius 1 is 1.37 bits per heavy atom. The minimum absolute atomic E-state index is 0.0541. The first-order valence-corrected chi connectivity index (χ1v) is 8.52. The van der Waals surface area contributed by atoms with Gasteiger partial charge in [0.25, 0.3) is 5.91 Å². The van der Waals surface area contributed by atoms with Gasteiger partial charge in [-0.1, -0.05) is 0 Å². The van der Waals surface area contributed by atoms with E-state index >= 15 is 0 Å². The van der Waals surface area contributed by atoms with Crippen LogP contribution >= 0.6 is 0 Å². The van der Waals surface area contributed by atoms with Crippen molar-refractivity contribution in [1.29, 1.82) is 0 Å². The lowest BCUT2D eigenvalue weighted by molar-refractivity contribution is 0.0972. The number of amides is 1. The highest BCUT2D eigenvalue weighted by molar-refractivity contribution is 5.89. The number of rotatable bonds is 5. The van der Waals surface area contributed by atoms with Crippen molar-refractivity contribution in [2.45, 2.75) is 19.0 Å². The van der Waals surface area contributed by atoms with E-state index in [1.54, 1.807) is 13.1 Å².